The average molecular weight is 460 g/mol. The molecule has 25 heavy (non-hydrogen) atoms. The van der Waals surface area contributed by atoms with Gasteiger partial charge in [0, 0.05) is 23.5 Å². The molecule has 0 bridgehead atoms. The molecule has 1 saturated carbocycles. The number of phenols is 2. The van der Waals surface area contributed by atoms with Crippen molar-refractivity contribution in [2.45, 2.75) is 85.0 Å². The van der Waals surface area contributed by atoms with Crippen molar-refractivity contribution in [3.8, 4) is 11.5 Å². The van der Waals surface area contributed by atoms with E-state index in [1.165, 1.54) is 12.8 Å². The standard InChI is InChI=1S/C22H34O2.HI.H2/c1-12(2)15-11-16(23)18-17(19(15)24)13(3)14(4)20-21(5,6)9-8-10-22(18,20)7;;/h11-14,20,23-24H,8-10H2,1-7H3;2*1H. The molecule has 0 heterocycles. The molecule has 0 amide bonds. The number of phenolic OH excluding ortho intramolecular Hbond substituents is 2. The van der Waals surface area contributed by atoms with E-state index in [2.05, 4.69) is 48.5 Å². The number of benzene rings is 1. The summed E-state index contributed by atoms with van der Waals surface area (Å²) >= 11 is 0. The Morgan fingerprint density at radius 3 is 2.28 bits per heavy atom. The molecule has 1 aromatic rings. The number of fused-ring (bicyclic) bond motifs is 3. The van der Waals surface area contributed by atoms with Crippen LogP contribution in [-0.2, 0) is 5.41 Å². The van der Waals surface area contributed by atoms with Crippen LogP contribution in [0.25, 0.3) is 0 Å². The van der Waals surface area contributed by atoms with Crippen LogP contribution in [0.4, 0.5) is 0 Å². The molecule has 2 N–H and O–H groups in total. The lowest BCUT2D eigenvalue weighted by Gasteiger charge is -2.58. The van der Waals surface area contributed by atoms with Crippen LogP contribution in [0.5, 0.6) is 11.5 Å². The van der Waals surface area contributed by atoms with E-state index < -0.39 is 0 Å². The summed E-state index contributed by atoms with van der Waals surface area (Å²) in [7, 11) is 0. The molecule has 4 unspecified atom stereocenters. The summed E-state index contributed by atoms with van der Waals surface area (Å²) < 4.78 is 0. The van der Waals surface area contributed by atoms with Crippen molar-refractivity contribution in [2.24, 2.45) is 17.3 Å². The predicted molar refractivity (Wildman–Crippen MR) is 117 cm³/mol. The average Bonchev–Trinajstić information content (AvgIpc) is 2.45. The van der Waals surface area contributed by atoms with Gasteiger partial charge in [0.25, 0.3) is 0 Å². The number of halogens is 1. The minimum absolute atomic E-state index is 0. The van der Waals surface area contributed by atoms with Crippen LogP contribution in [0.2, 0.25) is 0 Å². The van der Waals surface area contributed by atoms with Crippen molar-refractivity contribution in [1.82, 2.24) is 0 Å². The van der Waals surface area contributed by atoms with Gasteiger partial charge in [-0.2, -0.15) is 0 Å². The zero-order chi connectivity index (χ0) is 18.0. The Labute approximate surface area is 171 Å². The van der Waals surface area contributed by atoms with Gasteiger partial charge in [-0.05, 0) is 48.0 Å². The summed E-state index contributed by atoms with van der Waals surface area (Å²) in [4.78, 5) is 0. The van der Waals surface area contributed by atoms with Crippen LogP contribution in [0.15, 0.2) is 6.07 Å². The van der Waals surface area contributed by atoms with E-state index in [4.69, 9.17) is 0 Å². The third kappa shape index (κ3) is 2.89. The molecule has 2 aliphatic rings. The first-order valence-corrected chi connectivity index (χ1v) is 9.61. The summed E-state index contributed by atoms with van der Waals surface area (Å²) in [5.74, 6) is 2.31. The Balaban J connectivity index is 0.00000169. The van der Waals surface area contributed by atoms with Gasteiger partial charge in [0.1, 0.15) is 11.5 Å². The van der Waals surface area contributed by atoms with E-state index in [9.17, 15) is 10.2 Å². The highest BCUT2D eigenvalue weighted by atomic mass is 127. The zero-order valence-electron chi connectivity index (χ0n) is 16.8. The van der Waals surface area contributed by atoms with E-state index in [1.54, 1.807) is 0 Å². The fraction of sp³-hybridized carbons (Fsp3) is 0.727. The molecule has 1 aromatic carbocycles. The highest BCUT2D eigenvalue weighted by Crippen LogP contribution is 2.64. The molecule has 2 aliphatic carbocycles. The van der Waals surface area contributed by atoms with Crippen molar-refractivity contribution in [3.05, 3.63) is 22.8 Å². The van der Waals surface area contributed by atoms with Crippen molar-refractivity contribution < 1.29 is 11.6 Å². The van der Waals surface area contributed by atoms with Gasteiger partial charge in [-0.3, -0.25) is 0 Å². The molecule has 3 heteroatoms. The van der Waals surface area contributed by atoms with Gasteiger partial charge in [-0.15, -0.1) is 24.0 Å². The van der Waals surface area contributed by atoms with Gasteiger partial charge < -0.3 is 10.2 Å². The second-order valence-corrected chi connectivity index (χ2v) is 9.66. The lowest BCUT2D eigenvalue weighted by molar-refractivity contribution is -0.00643. The third-order valence-corrected chi connectivity index (χ3v) is 7.35. The molecular formula is C22H37IO2. The summed E-state index contributed by atoms with van der Waals surface area (Å²) in [6.45, 7) is 15.8. The normalized spacial score (nSPS) is 33.4. The molecule has 0 aliphatic heterocycles. The van der Waals surface area contributed by atoms with Gasteiger partial charge in [0.05, 0.1) is 0 Å². The maximum atomic E-state index is 11.0. The fourth-order valence-corrected chi connectivity index (χ4v) is 6.39. The van der Waals surface area contributed by atoms with Gasteiger partial charge in [-0.1, -0.05) is 54.9 Å². The monoisotopic (exact) mass is 460 g/mol. The van der Waals surface area contributed by atoms with Crippen LogP contribution >= 0.6 is 24.0 Å². The molecule has 1 fully saturated rings. The van der Waals surface area contributed by atoms with Crippen LogP contribution < -0.4 is 0 Å². The van der Waals surface area contributed by atoms with E-state index >= 15 is 0 Å². The van der Waals surface area contributed by atoms with Gasteiger partial charge in [-0.25, -0.2) is 0 Å². The second-order valence-electron chi connectivity index (χ2n) is 9.66. The molecular weight excluding hydrogens is 423 g/mol. The summed E-state index contributed by atoms with van der Waals surface area (Å²) in [6, 6.07) is 1.82. The van der Waals surface area contributed by atoms with Crippen LogP contribution in [0.3, 0.4) is 0 Å². The zero-order valence-corrected chi connectivity index (χ0v) is 19.1. The minimum Gasteiger partial charge on any atom is -0.508 e. The SMILES string of the molecule is CC(C)c1cc(O)c2c(c1O)C(C)C(C)C1C(C)(C)CCCC21C.I.[HH]. The highest BCUT2D eigenvalue weighted by Gasteiger charge is 2.56. The van der Waals surface area contributed by atoms with E-state index in [0.717, 1.165) is 23.1 Å². The summed E-state index contributed by atoms with van der Waals surface area (Å²) in [5, 5.41) is 22.0. The van der Waals surface area contributed by atoms with E-state index in [-0.39, 0.29) is 48.1 Å². The third-order valence-electron chi connectivity index (χ3n) is 7.35. The van der Waals surface area contributed by atoms with Crippen molar-refractivity contribution in [2.75, 3.05) is 0 Å². The van der Waals surface area contributed by atoms with Crippen LogP contribution in [0, 0.1) is 17.3 Å². The molecule has 0 saturated heterocycles. The highest BCUT2D eigenvalue weighted by molar-refractivity contribution is 14.0. The predicted octanol–water partition coefficient (Wildman–Crippen LogP) is 6.92. The quantitative estimate of drug-likeness (QED) is 0.353. The van der Waals surface area contributed by atoms with E-state index in [0.29, 0.717) is 23.3 Å². The Morgan fingerprint density at radius 2 is 1.72 bits per heavy atom. The summed E-state index contributed by atoms with van der Waals surface area (Å²) in [6.07, 6.45) is 3.53. The van der Waals surface area contributed by atoms with Gasteiger partial charge in [0.15, 0.2) is 0 Å². The largest absolute Gasteiger partial charge is 0.508 e. The van der Waals surface area contributed by atoms with Crippen molar-refractivity contribution in [1.29, 1.82) is 0 Å². The smallest absolute Gasteiger partial charge is 0.123 e. The fourth-order valence-electron chi connectivity index (χ4n) is 6.39. The van der Waals surface area contributed by atoms with Gasteiger partial charge in [0.2, 0.25) is 0 Å². The van der Waals surface area contributed by atoms with Crippen molar-refractivity contribution >= 4 is 24.0 Å². The first-order chi connectivity index (χ1) is 11.0. The van der Waals surface area contributed by atoms with Gasteiger partial charge >= 0.3 is 0 Å². The maximum absolute atomic E-state index is 11.0. The second kappa shape index (κ2) is 6.61. The minimum atomic E-state index is -0.0555. The van der Waals surface area contributed by atoms with Crippen LogP contribution in [-0.4, -0.2) is 10.2 Å². The number of rotatable bonds is 1. The summed E-state index contributed by atoms with van der Waals surface area (Å²) in [5.41, 5.74) is 3.13. The molecule has 3 rings (SSSR count). The first kappa shape index (κ1) is 20.9. The molecule has 144 valence electrons. The maximum Gasteiger partial charge on any atom is 0.123 e. The lowest BCUT2D eigenvalue weighted by atomic mass is 9.45. The molecule has 0 spiro atoms. The molecule has 4 atom stereocenters. The van der Waals surface area contributed by atoms with Crippen molar-refractivity contribution in [3.63, 3.8) is 0 Å². The first-order valence-electron chi connectivity index (χ1n) is 9.61. The van der Waals surface area contributed by atoms with Crippen LogP contribution in [0.1, 0.15) is 97.7 Å². The Morgan fingerprint density at radius 1 is 1.12 bits per heavy atom. The number of hydrogen-bond donors (Lipinski definition) is 2. The molecule has 0 aromatic heterocycles. The molecule has 0 radical (unpaired) electrons. The molecule has 2 nitrogen and oxygen atoms in total. The van der Waals surface area contributed by atoms with E-state index in [1.807, 2.05) is 6.07 Å². The Hall–Kier alpha value is -0.450. The Kier molecular flexibility index (Phi) is 5.52. The number of aromatic hydroxyl groups is 2. The lowest BCUT2D eigenvalue weighted by Crippen LogP contribution is -2.52. The topological polar surface area (TPSA) is 40.5 Å². The Bertz CT molecular complexity index is 671. The number of hydrogen-bond acceptors (Lipinski definition) is 2.